The van der Waals surface area contributed by atoms with E-state index in [2.05, 4.69) is 57.7 Å². The first-order valence-corrected chi connectivity index (χ1v) is 12.4. The van der Waals surface area contributed by atoms with Crippen LogP contribution in [0.15, 0.2) is 18.2 Å². The van der Waals surface area contributed by atoms with Crippen LogP contribution in [0.25, 0.3) is 0 Å². The second kappa shape index (κ2) is 10.2. The van der Waals surface area contributed by atoms with Gasteiger partial charge in [-0.25, -0.2) is 9.97 Å². The zero-order chi connectivity index (χ0) is 23.5. The van der Waals surface area contributed by atoms with Crippen molar-refractivity contribution < 1.29 is 9.53 Å². The summed E-state index contributed by atoms with van der Waals surface area (Å²) in [5.41, 5.74) is 6.18. The lowest BCUT2D eigenvalue weighted by Gasteiger charge is -2.37. The molecule has 1 aromatic carbocycles. The SMILES string of the molecule is Cc1ccc(C)c(Cc2c(C)nc(CC(C)C)nc2N2CCN(C(=O)C3CCOC3)CC2)c1. The summed E-state index contributed by atoms with van der Waals surface area (Å²) in [6.45, 7) is 15.2. The summed E-state index contributed by atoms with van der Waals surface area (Å²) < 4.78 is 5.43. The first-order chi connectivity index (χ1) is 15.8. The van der Waals surface area contributed by atoms with E-state index < -0.39 is 0 Å². The molecule has 6 nitrogen and oxygen atoms in total. The molecule has 1 amide bonds. The van der Waals surface area contributed by atoms with E-state index in [1.54, 1.807) is 0 Å². The van der Waals surface area contributed by atoms with Crippen LogP contribution < -0.4 is 4.90 Å². The average molecular weight is 451 g/mol. The minimum Gasteiger partial charge on any atom is -0.381 e. The second-order valence-electron chi connectivity index (χ2n) is 10.1. The Morgan fingerprint density at radius 1 is 1.12 bits per heavy atom. The largest absolute Gasteiger partial charge is 0.381 e. The maximum atomic E-state index is 12.9. The smallest absolute Gasteiger partial charge is 0.228 e. The molecule has 1 unspecified atom stereocenters. The molecule has 0 radical (unpaired) electrons. The highest BCUT2D eigenvalue weighted by atomic mass is 16.5. The molecular formula is C27H38N4O2. The van der Waals surface area contributed by atoms with E-state index in [-0.39, 0.29) is 11.8 Å². The molecule has 178 valence electrons. The fourth-order valence-corrected chi connectivity index (χ4v) is 4.87. The van der Waals surface area contributed by atoms with Crippen LogP contribution >= 0.6 is 0 Å². The highest BCUT2D eigenvalue weighted by Crippen LogP contribution is 2.28. The molecule has 2 aromatic rings. The average Bonchev–Trinajstić information content (AvgIpc) is 3.32. The Hall–Kier alpha value is -2.47. The lowest BCUT2D eigenvalue weighted by molar-refractivity contribution is -0.135. The van der Waals surface area contributed by atoms with Crippen molar-refractivity contribution in [3.05, 3.63) is 52.0 Å². The minimum absolute atomic E-state index is 0.0374. The zero-order valence-corrected chi connectivity index (χ0v) is 20.9. The van der Waals surface area contributed by atoms with Crippen molar-refractivity contribution in [3.63, 3.8) is 0 Å². The third kappa shape index (κ3) is 5.55. The fraction of sp³-hybridized carbons (Fsp3) is 0.593. The lowest BCUT2D eigenvalue weighted by Crippen LogP contribution is -2.51. The van der Waals surface area contributed by atoms with Gasteiger partial charge in [0.25, 0.3) is 0 Å². The van der Waals surface area contributed by atoms with Crippen LogP contribution in [0.3, 0.4) is 0 Å². The van der Waals surface area contributed by atoms with E-state index >= 15 is 0 Å². The molecule has 6 heteroatoms. The van der Waals surface area contributed by atoms with Crippen LogP contribution in [0.4, 0.5) is 5.82 Å². The molecule has 3 heterocycles. The van der Waals surface area contributed by atoms with E-state index in [1.165, 1.54) is 22.3 Å². The Balaban J connectivity index is 1.59. The van der Waals surface area contributed by atoms with E-state index in [4.69, 9.17) is 14.7 Å². The molecule has 0 aliphatic carbocycles. The predicted molar refractivity (Wildman–Crippen MR) is 132 cm³/mol. The molecule has 4 rings (SSSR count). The summed E-state index contributed by atoms with van der Waals surface area (Å²) in [5, 5.41) is 0. The summed E-state index contributed by atoms with van der Waals surface area (Å²) in [5.74, 6) is 2.77. The van der Waals surface area contributed by atoms with Crippen molar-refractivity contribution in [1.82, 2.24) is 14.9 Å². The monoisotopic (exact) mass is 450 g/mol. The van der Waals surface area contributed by atoms with Crippen LogP contribution in [-0.2, 0) is 22.4 Å². The second-order valence-corrected chi connectivity index (χ2v) is 10.1. The Kier molecular flexibility index (Phi) is 7.32. The molecule has 2 aliphatic heterocycles. The number of hydrogen-bond donors (Lipinski definition) is 0. The number of piperazine rings is 1. The van der Waals surface area contributed by atoms with Crippen LogP contribution in [0, 0.1) is 32.6 Å². The summed E-state index contributed by atoms with van der Waals surface area (Å²) in [7, 11) is 0. The van der Waals surface area contributed by atoms with Gasteiger partial charge in [-0.1, -0.05) is 37.6 Å². The molecule has 2 fully saturated rings. The molecule has 1 aromatic heterocycles. The Morgan fingerprint density at radius 3 is 2.55 bits per heavy atom. The summed E-state index contributed by atoms with van der Waals surface area (Å²) >= 11 is 0. The molecule has 1 atom stereocenters. The third-order valence-electron chi connectivity index (χ3n) is 6.87. The Morgan fingerprint density at radius 2 is 1.88 bits per heavy atom. The van der Waals surface area contributed by atoms with E-state index in [9.17, 15) is 4.79 Å². The fourth-order valence-electron chi connectivity index (χ4n) is 4.87. The Labute approximate surface area is 198 Å². The topological polar surface area (TPSA) is 58.6 Å². The van der Waals surface area contributed by atoms with Gasteiger partial charge in [-0.15, -0.1) is 0 Å². The number of ether oxygens (including phenoxy) is 1. The summed E-state index contributed by atoms with van der Waals surface area (Å²) in [6.07, 6.45) is 2.55. The number of amides is 1. The van der Waals surface area contributed by atoms with Gasteiger partial charge in [-0.3, -0.25) is 4.79 Å². The van der Waals surface area contributed by atoms with Crippen LogP contribution in [0.5, 0.6) is 0 Å². The van der Waals surface area contributed by atoms with Gasteiger partial charge in [0, 0.05) is 56.9 Å². The van der Waals surface area contributed by atoms with Gasteiger partial charge in [0.05, 0.1) is 12.5 Å². The Bertz CT molecular complexity index is 990. The maximum Gasteiger partial charge on any atom is 0.228 e. The van der Waals surface area contributed by atoms with Crippen molar-refractivity contribution >= 4 is 11.7 Å². The third-order valence-corrected chi connectivity index (χ3v) is 6.87. The van der Waals surface area contributed by atoms with Crippen molar-refractivity contribution in [2.24, 2.45) is 11.8 Å². The molecule has 0 spiro atoms. The van der Waals surface area contributed by atoms with Gasteiger partial charge in [-0.2, -0.15) is 0 Å². The normalized spacial score (nSPS) is 18.9. The molecular weight excluding hydrogens is 412 g/mol. The van der Waals surface area contributed by atoms with Crippen molar-refractivity contribution in [1.29, 1.82) is 0 Å². The summed E-state index contributed by atoms with van der Waals surface area (Å²) in [6, 6.07) is 6.64. The minimum atomic E-state index is 0.0374. The van der Waals surface area contributed by atoms with E-state index in [0.717, 1.165) is 62.8 Å². The zero-order valence-electron chi connectivity index (χ0n) is 20.9. The van der Waals surface area contributed by atoms with Crippen LogP contribution in [0.1, 0.15) is 54.0 Å². The van der Waals surface area contributed by atoms with Gasteiger partial charge in [0.15, 0.2) is 0 Å². The highest BCUT2D eigenvalue weighted by molar-refractivity contribution is 5.79. The number of nitrogens with zero attached hydrogens (tertiary/aromatic N) is 4. The molecule has 0 bridgehead atoms. The van der Waals surface area contributed by atoms with Gasteiger partial charge in [0.2, 0.25) is 5.91 Å². The first kappa shape index (κ1) is 23.7. The number of rotatable bonds is 6. The van der Waals surface area contributed by atoms with Gasteiger partial charge < -0.3 is 14.5 Å². The van der Waals surface area contributed by atoms with Gasteiger partial charge in [-0.05, 0) is 44.2 Å². The summed E-state index contributed by atoms with van der Waals surface area (Å²) in [4.78, 5) is 27.2. The number of carbonyl (C=O) groups is 1. The number of aromatic nitrogens is 2. The van der Waals surface area contributed by atoms with Crippen LogP contribution in [-0.4, -0.2) is 60.2 Å². The molecule has 2 aliphatic rings. The van der Waals surface area contributed by atoms with Crippen molar-refractivity contribution in [2.45, 2.75) is 53.9 Å². The number of aryl methyl sites for hydroxylation is 3. The number of carbonyl (C=O) groups excluding carboxylic acids is 1. The van der Waals surface area contributed by atoms with Crippen LogP contribution in [0.2, 0.25) is 0 Å². The number of benzene rings is 1. The predicted octanol–water partition coefficient (Wildman–Crippen LogP) is 3.88. The van der Waals surface area contributed by atoms with Gasteiger partial charge >= 0.3 is 0 Å². The number of anilines is 1. The van der Waals surface area contributed by atoms with E-state index in [0.29, 0.717) is 19.1 Å². The molecule has 2 saturated heterocycles. The first-order valence-electron chi connectivity index (χ1n) is 12.4. The highest BCUT2D eigenvalue weighted by Gasteiger charge is 2.31. The standard InChI is InChI=1S/C27H38N4O2/c1-18(2)14-25-28-21(5)24(16-23-15-19(3)6-7-20(23)4)26(29-25)30-9-11-31(12-10-30)27(32)22-8-13-33-17-22/h6-7,15,18,22H,8-14,16-17H2,1-5H3. The lowest BCUT2D eigenvalue weighted by atomic mass is 9.97. The molecule has 0 N–H and O–H groups in total. The number of hydrogen-bond acceptors (Lipinski definition) is 5. The maximum absolute atomic E-state index is 12.9. The van der Waals surface area contributed by atoms with E-state index in [1.807, 2.05) is 4.90 Å². The van der Waals surface area contributed by atoms with Crippen molar-refractivity contribution in [2.75, 3.05) is 44.3 Å². The molecule has 33 heavy (non-hydrogen) atoms. The van der Waals surface area contributed by atoms with Gasteiger partial charge in [0.1, 0.15) is 11.6 Å². The van der Waals surface area contributed by atoms with Crippen molar-refractivity contribution in [3.8, 4) is 0 Å². The molecule has 0 saturated carbocycles. The quantitative estimate of drug-likeness (QED) is 0.669.